The summed E-state index contributed by atoms with van der Waals surface area (Å²) >= 11 is 0. The van der Waals surface area contributed by atoms with Crippen LogP contribution in [0.5, 0.6) is 0 Å². The van der Waals surface area contributed by atoms with Gasteiger partial charge >= 0.3 is 6.23 Å². The molecule has 5 aliphatic rings. The van der Waals surface area contributed by atoms with Gasteiger partial charge in [-0.15, -0.1) is 0 Å². The molecule has 3 N–H and O–H groups in total. The van der Waals surface area contributed by atoms with Crippen molar-refractivity contribution in [1.29, 1.82) is 0 Å². The van der Waals surface area contributed by atoms with Crippen molar-refractivity contribution in [2.24, 2.45) is 5.16 Å². The number of hydrogen-bond acceptors (Lipinski definition) is 14. The molecule has 5 fully saturated rings. The molecule has 45 heavy (non-hydrogen) atoms. The van der Waals surface area contributed by atoms with E-state index < -0.39 is 66.0 Å². The van der Waals surface area contributed by atoms with E-state index in [4.69, 9.17) is 47.8 Å². The second kappa shape index (κ2) is 12.7. The molecule has 6 rings (SSSR count). The highest BCUT2D eigenvalue weighted by atomic mass is 16.8. The van der Waals surface area contributed by atoms with Gasteiger partial charge < -0.3 is 52.9 Å². The van der Waals surface area contributed by atoms with E-state index in [1.54, 1.807) is 52.4 Å². The van der Waals surface area contributed by atoms with Crippen LogP contribution in [0.2, 0.25) is 0 Å². The summed E-state index contributed by atoms with van der Waals surface area (Å²) in [4.78, 5) is 4.05. The van der Waals surface area contributed by atoms with Crippen LogP contribution in [-0.2, 0) is 42.6 Å². The molecule has 0 aliphatic carbocycles. The summed E-state index contributed by atoms with van der Waals surface area (Å²) in [6.45, 7) is 15.1. The van der Waals surface area contributed by atoms with Gasteiger partial charge in [-0.05, 0) is 67.5 Å². The van der Waals surface area contributed by atoms with E-state index in [-0.39, 0.29) is 18.8 Å². The van der Waals surface area contributed by atoms with Crippen LogP contribution < -0.4 is 0 Å². The molecule has 15 nitrogen and oxygen atoms in total. The molecule has 3 unspecified atom stereocenters. The first-order chi connectivity index (χ1) is 21.0. The van der Waals surface area contributed by atoms with E-state index in [9.17, 15) is 10.3 Å². The fourth-order valence-corrected chi connectivity index (χ4v) is 6.03. The van der Waals surface area contributed by atoms with Crippen LogP contribution in [0.1, 0.15) is 61.0 Å². The lowest BCUT2D eigenvalue weighted by atomic mass is 10.0. The zero-order chi connectivity index (χ0) is 32.8. The summed E-state index contributed by atoms with van der Waals surface area (Å²) in [5.41, 5.74) is 0.748. The van der Waals surface area contributed by atoms with Gasteiger partial charge in [0.05, 0.1) is 25.0 Å². The van der Waals surface area contributed by atoms with E-state index in [2.05, 4.69) is 10.1 Å². The summed E-state index contributed by atoms with van der Waals surface area (Å²) in [6, 6.07) is 3.64. The first kappa shape index (κ1) is 34.0. The third-order valence-corrected chi connectivity index (χ3v) is 7.81. The summed E-state index contributed by atoms with van der Waals surface area (Å²) in [5, 5.41) is 32.6. The number of hydroxylamine groups is 1. The number of hydrogen-bond donors (Lipinski definition) is 3. The average Bonchev–Trinajstić information content (AvgIpc) is 3.72. The number of oxime groups is 1. The standard InChI is InChI=1S/C18H25N2O6.C12H21NO6/c1-17(2)22-10-12(24-17)13-14-15(26-18(3,4)25-14)16(23-13)20(21)9-11-6-5-7-19-8-11;1-11(2)16-6-8(18-11)9(14)10-7(5-13-15)17-12(3,4)19-10/h5-9,12-16,21H,10H2,1-4H3;5,7-10,14-15H,6H2,1-4H3/q+1;/t12-,13?,14-,15-,16?;7-,8+,9?,10-/m10/s1. The Morgan fingerprint density at radius 3 is 2.13 bits per heavy atom. The van der Waals surface area contributed by atoms with E-state index in [0.717, 1.165) is 10.3 Å². The molecule has 0 saturated carbocycles. The molecule has 6 heterocycles. The molecular weight excluding hydrogens is 594 g/mol. The molecule has 1 aromatic rings. The molecular formula is C30H46N3O12+. The summed E-state index contributed by atoms with van der Waals surface area (Å²) < 4.78 is 53.0. The van der Waals surface area contributed by atoms with E-state index >= 15 is 0 Å². The second-order valence-electron chi connectivity index (χ2n) is 13.4. The summed E-state index contributed by atoms with van der Waals surface area (Å²) in [6.07, 6.45) is 1.07. The Bertz CT molecular complexity index is 1230. The minimum absolute atomic E-state index is 0.275. The van der Waals surface area contributed by atoms with Crippen LogP contribution in [0.25, 0.3) is 0 Å². The molecule has 0 radical (unpaired) electrons. The van der Waals surface area contributed by atoms with Gasteiger partial charge in [0.15, 0.2) is 29.3 Å². The van der Waals surface area contributed by atoms with Crippen LogP contribution >= 0.6 is 0 Å². The number of aromatic nitrogens is 1. The number of pyridine rings is 1. The highest BCUT2D eigenvalue weighted by Crippen LogP contribution is 2.42. The molecule has 1 aromatic heterocycles. The summed E-state index contributed by atoms with van der Waals surface area (Å²) in [7, 11) is 0. The fraction of sp³-hybridized carbons (Fsp3) is 0.767. The monoisotopic (exact) mass is 640 g/mol. The van der Waals surface area contributed by atoms with Gasteiger partial charge in [-0.2, -0.15) is 0 Å². The maximum Gasteiger partial charge on any atom is 0.334 e. The van der Waals surface area contributed by atoms with E-state index in [0.29, 0.717) is 6.61 Å². The Kier molecular flexibility index (Phi) is 9.61. The maximum absolute atomic E-state index is 10.6. The minimum Gasteiger partial charge on any atom is -0.411 e. The lowest BCUT2D eigenvalue weighted by Gasteiger charge is -2.25. The highest BCUT2D eigenvalue weighted by molar-refractivity contribution is 5.74. The Morgan fingerprint density at radius 1 is 0.867 bits per heavy atom. The third kappa shape index (κ3) is 7.99. The number of nitrogens with zero attached hydrogens (tertiary/aromatic N) is 3. The van der Waals surface area contributed by atoms with Gasteiger partial charge in [0.2, 0.25) is 6.21 Å². The fourth-order valence-electron chi connectivity index (χ4n) is 6.03. The van der Waals surface area contributed by atoms with Crippen LogP contribution in [-0.4, -0.2) is 129 Å². The highest BCUT2D eigenvalue weighted by Gasteiger charge is 2.63. The zero-order valence-corrected chi connectivity index (χ0v) is 26.9. The van der Waals surface area contributed by atoms with Crippen molar-refractivity contribution in [1.82, 2.24) is 4.98 Å². The number of aliphatic hydroxyl groups is 1. The van der Waals surface area contributed by atoms with Crippen molar-refractivity contribution >= 4 is 12.4 Å². The third-order valence-electron chi connectivity index (χ3n) is 7.81. The number of fused-ring (bicyclic) bond motifs is 1. The number of rotatable bonds is 6. The quantitative estimate of drug-likeness (QED) is 0.178. The predicted molar refractivity (Wildman–Crippen MR) is 154 cm³/mol. The first-order valence-electron chi connectivity index (χ1n) is 15.1. The van der Waals surface area contributed by atoms with Crippen molar-refractivity contribution in [2.45, 2.75) is 134 Å². The van der Waals surface area contributed by atoms with Crippen molar-refractivity contribution in [2.75, 3.05) is 13.2 Å². The average molecular weight is 641 g/mol. The number of ether oxygens (including phenoxy) is 9. The van der Waals surface area contributed by atoms with E-state index in [1.807, 2.05) is 33.8 Å². The van der Waals surface area contributed by atoms with Gasteiger partial charge in [-0.25, -0.2) is 0 Å². The molecule has 5 aliphatic heterocycles. The molecule has 5 saturated heterocycles. The number of aliphatic hydroxyl groups excluding tert-OH is 1. The largest absolute Gasteiger partial charge is 0.411 e. The topological polar surface area (TPSA) is 172 Å². The van der Waals surface area contributed by atoms with Gasteiger partial charge in [-0.1, -0.05) is 5.16 Å². The first-order valence-corrected chi connectivity index (χ1v) is 15.1. The minimum atomic E-state index is -0.938. The summed E-state index contributed by atoms with van der Waals surface area (Å²) in [5.74, 6) is -3.01. The van der Waals surface area contributed by atoms with Crippen molar-refractivity contribution in [3.8, 4) is 0 Å². The lowest BCUT2D eigenvalue weighted by molar-refractivity contribution is -0.823. The van der Waals surface area contributed by atoms with Crippen LogP contribution in [0.3, 0.4) is 0 Å². The SMILES string of the molecule is CC1(C)OC[C@H](C2OC(/[N+](O)=C/c3cccnc3)[C@@H]3OC(C)(C)O[C@H]23)O1.CC1(C)O[C@@H](C=NO)[C@@H](C(O)[C@H]2COC(C)(C)O2)O1. The zero-order valence-electron chi connectivity index (χ0n) is 26.9. The second-order valence-corrected chi connectivity index (χ2v) is 13.4. The van der Waals surface area contributed by atoms with Crippen molar-refractivity contribution in [3.05, 3.63) is 30.1 Å². The molecule has 0 amide bonds. The Labute approximate surface area is 262 Å². The molecule has 15 heteroatoms. The van der Waals surface area contributed by atoms with Crippen LogP contribution in [0, 0.1) is 0 Å². The molecule has 9 atom stereocenters. The molecule has 252 valence electrons. The van der Waals surface area contributed by atoms with E-state index in [1.165, 1.54) is 6.21 Å². The maximum atomic E-state index is 10.6. The Hall–Kier alpha value is -2.31. The van der Waals surface area contributed by atoms with Gasteiger partial charge in [0, 0.05) is 17.1 Å². The molecule has 0 aromatic carbocycles. The molecule has 0 bridgehead atoms. The van der Waals surface area contributed by atoms with Gasteiger partial charge in [-0.3, -0.25) is 10.2 Å². The predicted octanol–water partition coefficient (Wildman–Crippen LogP) is 1.78. The normalized spacial score (nSPS) is 38.6. The van der Waals surface area contributed by atoms with Crippen LogP contribution in [0.15, 0.2) is 29.7 Å². The van der Waals surface area contributed by atoms with Crippen molar-refractivity contribution in [3.63, 3.8) is 0 Å². The van der Waals surface area contributed by atoms with Crippen molar-refractivity contribution < 1.29 is 62.9 Å². The van der Waals surface area contributed by atoms with Crippen LogP contribution in [0.4, 0.5) is 0 Å². The Morgan fingerprint density at radius 2 is 1.53 bits per heavy atom. The van der Waals surface area contributed by atoms with Gasteiger partial charge in [0.25, 0.3) is 0 Å². The van der Waals surface area contributed by atoms with Gasteiger partial charge in [0.1, 0.15) is 42.7 Å². The smallest absolute Gasteiger partial charge is 0.334 e. The Balaban J connectivity index is 0.000000187. The molecule has 0 spiro atoms. The lowest BCUT2D eigenvalue weighted by Crippen LogP contribution is -2.45.